The molecule has 0 bridgehead atoms. The van der Waals surface area contributed by atoms with Crippen molar-refractivity contribution in [2.24, 2.45) is 0 Å². The van der Waals surface area contributed by atoms with Crippen molar-refractivity contribution < 1.29 is 4.39 Å². The second-order valence-electron chi connectivity index (χ2n) is 5.26. The smallest absolute Gasteiger partial charge is 0.129 e. The first-order valence-electron chi connectivity index (χ1n) is 6.98. The zero-order valence-electron chi connectivity index (χ0n) is 11.2. The minimum absolute atomic E-state index is 0.171. The molecule has 1 unspecified atom stereocenters. The third-order valence-corrected chi connectivity index (χ3v) is 3.82. The monoisotopic (exact) mass is 250 g/mol. The van der Waals surface area contributed by atoms with Gasteiger partial charge in [-0.1, -0.05) is 25.8 Å². The number of halogens is 1. The molecule has 0 aliphatic carbocycles. The van der Waals surface area contributed by atoms with Gasteiger partial charge in [0.25, 0.3) is 0 Å². The van der Waals surface area contributed by atoms with Gasteiger partial charge in [-0.15, -0.1) is 0 Å². The summed E-state index contributed by atoms with van der Waals surface area (Å²) in [7, 11) is 0. The van der Waals surface area contributed by atoms with Crippen LogP contribution < -0.4 is 5.73 Å². The molecular weight excluding hydrogens is 227 g/mol. The Morgan fingerprint density at radius 2 is 2.22 bits per heavy atom. The second kappa shape index (κ2) is 6.19. The third-order valence-electron chi connectivity index (χ3n) is 3.82. The number of anilines is 1. The third kappa shape index (κ3) is 3.22. The molecule has 0 radical (unpaired) electrons. The van der Waals surface area contributed by atoms with Crippen LogP contribution in [0, 0.1) is 5.82 Å². The molecule has 1 heterocycles. The van der Waals surface area contributed by atoms with Crippen LogP contribution in [-0.4, -0.2) is 17.5 Å². The van der Waals surface area contributed by atoms with Gasteiger partial charge in [0.2, 0.25) is 0 Å². The molecule has 3 heteroatoms. The van der Waals surface area contributed by atoms with Crippen molar-refractivity contribution in [3.63, 3.8) is 0 Å². The quantitative estimate of drug-likeness (QED) is 0.828. The fourth-order valence-corrected chi connectivity index (χ4v) is 2.84. The van der Waals surface area contributed by atoms with Crippen LogP contribution in [-0.2, 0) is 6.54 Å². The summed E-state index contributed by atoms with van der Waals surface area (Å²) < 4.78 is 13.8. The van der Waals surface area contributed by atoms with Gasteiger partial charge in [-0.25, -0.2) is 4.39 Å². The lowest BCUT2D eigenvalue weighted by Gasteiger charge is -2.35. The summed E-state index contributed by atoms with van der Waals surface area (Å²) in [6.07, 6.45) is 6.22. The minimum Gasteiger partial charge on any atom is -0.399 e. The Morgan fingerprint density at radius 3 is 2.94 bits per heavy atom. The zero-order chi connectivity index (χ0) is 13.0. The van der Waals surface area contributed by atoms with E-state index in [9.17, 15) is 4.39 Å². The van der Waals surface area contributed by atoms with Crippen LogP contribution in [0.3, 0.4) is 0 Å². The highest BCUT2D eigenvalue weighted by atomic mass is 19.1. The predicted molar refractivity (Wildman–Crippen MR) is 73.8 cm³/mol. The van der Waals surface area contributed by atoms with Crippen LogP contribution in [0.25, 0.3) is 0 Å². The summed E-state index contributed by atoms with van der Waals surface area (Å²) in [4.78, 5) is 2.43. The molecule has 0 saturated carbocycles. The predicted octanol–water partition coefficient (Wildman–Crippen LogP) is 3.56. The van der Waals surface area contributed by atoms with Gasteiger partial charge in [-0.05, 0) is 37.9 Å². The maximum atomic E-state index is 13.8. The summed E-state index contributed by atoms with van der Waals surface area (Å²) in [5.74, 6) is -0.171. The average Bonchev–Trinajstić information content (AvgIpc) is 2.35. The van der Waals surface area contributed by atoms with E-state index in [2.05, 4.69) is 11.8 Å². The Balaban J connectivity index is 2.06. The van der Waals surface area contributed by atoms with Crippen molar-refractivity contribution in [2.75, 3.05) is 12.3 Å². The van der Waals surface area contributed by atoms with E-state index in [4.69, 9.17) is 5.73 Å². The van der Waals surface area contributed by atoms with E-state index in [-0.39, 0.29) is 5.82 Å². The number of nitrogens with two attached hydrogens (primary N) is 1. The number of rotatable bonds is 4. The SMILES string of the molecule is CCCC1CCCCN1Cc1ccc(N)cc1F. The molecule has 100 valence electrons. The van der Waals surface area contributed by atoms with Crippen molar-refractivity contribution in [1.82, 2.24) is 4.90 Å². The fourth-order valence-electron chi connectivity index (χ4n) is 2.84. The molecule has 2 rings (SSSR count). The molecule has 1 atom stereocenters. The molecule has 1 aromatic rings. The Bertz CT molecular complexity index is 390. The van der Waals surface area contributed by atoms with E-state index in [0.717, 1.165) is 18.7 Å². The van der Waals surface area contributed by atoms with E-state index in [1.165, 1.54) is 38.2 Å². The first-order chi connectivity index (χ1) is 8.70. The van der Waals surface area contributed by atoms with E-state index < -0.39 is 0 Å². The van der Waals surface area contributed by atoms with Crippen molar-refractivity contribution >= 4 is 5.69 Å². The summed E-state index contributed by atoms with van der Waals surface area (Å²) >= 11 is 0. The highest BCUT2D eigenvalue weighted by Gasteiger charge is 2.22. The first-order valence-corrected chi connectivity index (χ1v) is 6.98. The summed E-state index contributed by atoms with van der Waals surface area (Å²) in [6.45, 7) is 4.03. The lowest BCUT2D eigenvalue weighted by atomic mass is 9.97. The highest BCUT2D eigenvalue weighted by molar-refractivity contribution is 5.40. The number of benzene rings is 1. The molecule has 0 amide bonds. The van der Waals surface area contributed by atoms with Gasteiger partial charge in [0.15, 0.2) is 0 Å². The molecular formula is C15H23FN2. The summed E-state index contributed by atoms with van der Waals surface area (Å²) in [5.41, 5.74) is 6.85. The molecule has 1 aromatic carbocycles. The van der Waals surface area contributed by atoms with Crippen molar-refractivity contribution in [3.8, 4) is 0 Å². The molecule has 2 nitrogen and oxygen atoms in total. The number of hydrogen-bond donors (Lipinski definition) is 1. The van der Waals surface area contributed by atoms with E-state index in [0.29, 0.717) is 11.7 Å². The number of nitrogens with zero attached hydrogens (tertiary/aromatic N) is 1. The van der Waals surface area contributed by atoms with Gasteiger partial charge in [0.05, 0.1) is 0 Å². The van der Waals surface area contributed by atoms with Crippen molar-refractivity contribution in [2.45, 2.75) is 51.6 Å². The number of hydrogen-bond acceptors (Lipinski definition) is 2. The Labute approximate surface area is 109 Å². The van der Waals surface area contributed by atoms with Crippen LogP contribution >= 0.6 is 0 Å². The molecule has 0 aromatic heterocycles. The lowest BCUT2D eigenvalue weighted by Crippen LogP contribution is -2.39. The Hall–Kier alpha value is -1.09. The molecule has 18 heavy (non-hydrogen) atoms. The van der Waals surface area contributed by atoms with Gasteiger partial charge >= 0.3 is 0 Å². The van der Waals surface area contributed by atoms with E-state index >= 15 is 0 Å². The standard InChI is InChI=1S/C15H23FN2/c1-2-5-14-6-3-4-9-18(14)11-12-7-8-13(17)10-15(12)16/h7-8,10,14H,2-6,9,11,17H2,1H3. The summed E-state index contributed by atoms with van der Waals surface area (Å²) in [5, 5.41) is 0. The number of piperidine rings is 1. The second-order valence-corrected chi connectivity index (χ2v) is 5.26. The Morgan fingerprint density at radius 1 is 1.39 bits per heavy atom. The largest absolute Gasteiger partial charge is 0.399 e. The molecule has 1 aliphatic heterocycles. The van der Waals surface area contributed by atoms with Crippen LogP contribution in [0.2, 0.25) is 0 Å². The van der Waals surface area contributed by atoms with Crippen LogP contribution in [0.5, 0.6) is 0 Å². The lowest BCUT2D eigenvalue weighted by molar-refractivity contribution is 0.130. The van der Waals surface area contributed by atoms with Gasteiger partial charge in [-0.3, -0.25) is 4.90 Å². The molecule has 1 aliphatic rings. The molecule has 1 fully saturated rings. The van der Waals surface area contributed by atoms with Gasteiger partial charge < -0.3 is 5.73 Å². The fraction of sp³-hybridized carbons (Fsp3) is 0.600. The minimum atomic E-state index is -0.171. The topological polar surface area (TPSA) is 29.3 Å². The summed E-state index contributed by atoms with van der Waals surface area (Å²) in [6, 6.07) is 5.66. The molecule has 1 saturated heterocycles. The maximum Gasteiger partial charge on any atom is 0.129 e. The van der Waals surface area contributed by atoms with Gasteiger partial charge in [-0.2, -0.15) is 0 Å². The van der Waals surface area contributed by atoms with E-state index in [1.807, 2.05) is 6.07 Å². The molecule has 0 spiro atoms. The van der Waals surface area contributed by atoms with Crippen molar-refractivity contribution in [1.29, 1.82) is 0 Å². The van der Waals surface area contributed by atoms with Crippen LogP contribution in [0.1, 0.15) is 44.6 Å². The highest BCUT2D eigenvalue weighted by Crippen LogP contribution is 2.24. The van der Waals surface area contributed by atoms with E-state index in [1.54, 1.807) is 6.07 Å². The van der Waals surface area contributed by atoms with Crippen molar-refractivity contribution in [3.05, 3.63) is 29.6 Å². The number of likely N-dealkylation sites (tertiary alicyclic amines) is 1. The maximum absolute atomic E-state index is 13.8. The normalized spacial score (nSPS) is 21.1. The Kier molecular flexibility index (Phi) is 4.59. The van der Waals surface area contributed by atoms with Crippen LogP contribution in [0.4, 0.5) is 10.1 Å². The van der Waals surface area contributed by atoms with Gasteiger partial charge in [0, 0.05) is 23.8 Å². The van der Waals surface area contributed by atoms with Crippen LogP contribution in [0.15, 0.2) is 18.2 Å². The zero-order valence-corrected chi connectivity index (χ0v) is 11.2. The van der Waals surface area contributed by atoms with Gasteiger partial charge in [0.1, 0.15) is 5.82 Å². The number of nitrogen functional groups attached to an aromatic ring is 1. The molecule has 2 N–H and O–H groups in total. The first kappa shape index (κ1) is 13.3. The average molecular weight is 250 g/mol.